The summed E-state index contributed by atoms with van der Waals surface area (Å²) in [5.74, 6) is -0.378. The van der Waals surface area contributed by atoms with Crippen molar-refractivity contribution in [3.05, 3.63) is 40.8 Å². The van der Waals surface area contributed by atoms with Crippen molar-refractivity contribution in [3.8, 4) is 11.5 Å². The molecule has 7 heteroatoms. The van der Waals surface area contributed by atoms with Crippen molar-refractivity contribution in [2.45, 2.75) is 17.6 Å². The third kappa shape index (κ3) is 3.30. The maximum atomic E-state index is 11.9. The summed E-state index contributed by atoms with van der Waals surface area (Å²) < 4.78 is 26.6. The van der Waals surface area contributed by atoms with Gasteiger partial charge in [0.15, 0.2) is 11.5 Å². The Hall–Kier alpha value is -1.57. The van der Waals surface area contributed by atoms with E-state index in [0.29, 0.717) is 6.42 Å². The second kappa shape index (κ2) is 5.82. The van der Waals surface area contributed by atoms with Crippen molar-refractivity contribution >= 4 is 21.4 Å². The lowest BCUT2D eigenvalue weighted by atomic mass is 10.1. The van der Waals surface area contributed by atoms with Crippen molar-refractivity contribution in [1.29, 1.82) is 0 Å². The average Bonchev–Trinajstić information content (AvgIpc) is 2.90. The first-order chi connectivity index (χ1) is 9.40. The van der Waals surface area contributed by atoms with E-state index >= 15 is 0 Å². The van der Waals surface area contributed by atoms with Crippen LogP contribution in [0.4, 0.5) is 0 Å². The summed E-state index contributed by atoms with van der Waals surface area (Å²) in [6.45, 7) is 2.02. The molecule has 20 heavy (non-hydrogen) atoms. The number of sulfonamides is 1. The fourth-order valence-electron chi connectivity index (χ4n) is 1.80. The van der Waals surface area contributed by atoms with Gasteiger partial charge in [-0.05, 0) is 48.1 Å². The third-order valence-electron chi connectivity index (χ3n) is 2.88. The average molecular weight is 313 g/mol. The summed E-state index contributed by atoms with van der Waals surface area (Å²) in [5, 5.41) is 20.5. The van der Waals surface area contributed by atoms with E-state index in [0.717, 1.165) is 22.5 Å². The molecule has 1 aromatic heterocycles. The minimum absolute atomic E-state index is 0.176. The minimum atomic E-state index is -3.46. The van der Waals surface area contributed by atoms with Gasteiger partial charge in [0.25, 0.3) is 0 Å². The van der Waals surface area contributed by atoms with Crippen LogP contribution in [0.3, 0.4) is 0 Å². The Morgan fingerprint density at radius 1 is 1.25 bits per heavy atom. The Labute approximate surface area is 121 Å². The maximum Gasteiger partial charge on any atom is 0.250 e. The Kier molecular flexibility index (Phi) is 4.32. The van der Waals surface area contributed by atoms with Crippen LogP contribution in [0.25, 0.3) is 0 Å². The van der Waals surface area contributed by atoms with Crippen LogP contribution in [-0.4, -0.2) is 25.2 Å². The van der Waals surface area contributed by atoms with E-state index in [1.807, 2.05) is 0 Å². The monoisotopic (exact) mass is 313 g/mol. The van der Waals surface area contributed by atoms with Crippen LogP contribution in [0.2, 0.25) is 0 Å². The molecule has 0 radical (unpaired) electrons. The summed E-state index contributed by atoms with van der Waals surface area (Å²) in [4.78, 5) is 0. The first kappa shape index (κ1) is 14.8. The standard InChI is InChI=1S/C13H15NO4S2/c1-9-7-11(15)12(16)8-10(9)4-5-14-20(17,18)13-3-2-6-19-13/h2-3,6-8,14-16H,4-5H2,1H3. The molecule has 0 bridgehead atoms. The Morgan fingerprint density at radius 3 is 2.60 bits per heavy atom. The highest BCUT2D eigenvalue weighted by Crippen LogP contribution is 2.28. The highest BCUT2D eigenvalue weighted by atomic mass is 32.2. The molecule has 0 amide bonds. The SMILES string of the molecule is Cc1cc(O)c(O)cc1CCNS(=O)(=O)c1cccs1. The first-order valence-electron chi connectivity index (χ1n) is 5.95. The number of phenols is 2. The van der Waals surface area contributed by atoms with Crippen molar-refractivity contribution < 1.29 is 18.6 Å². The molecule has 1 aromatic carbocycles. The lowest BCUT2D eigenvalue weighted by molar-refractivity contribution is 0.402. The fraction of sp³-hybridized carbons (Fsp3) is 0.231. The molecule has 0 aliphatic heterocycles. The molecule has 2 aromatic rings. The van der Waals surface area contributed by atoms with E-state index in [1.165, 1.54) is 12.1 Å². The van der Waals surface area contributed by atoms with Gasteiger partial charge in [0.1, 0.15) is 4.21 Å². The molecule has 0 saturated heterocycles. The van der Waals surface area contributed by atoms with Gasteiger partial charge in [0, 0.05) is 6.54 Å². The summed E-state index contributed by atoms with van der Waals surface area (Å²) in [6, 6.07) is 6.13. The number of hydrogen-bond donors (Lipinski definition) is 3. The molecular weight excluding hydrogens is 298 g/mol. The summed E-state index contributed by atoms with van der Waals surface area (Å²) in [5.41, 5.74) is 1.59. The van der Waals surface area contributed by atoms with Gasteiger partial charge in [-0.2, -0.15) is 0 Å². The molecule has 0 aliphatic carbocycles. The van der Waals surface area contributed by atoms with Gasteiger partial charge in [-0.3, -0.25) is 0 Å². The molecular formula is C13H15NO4S2. The predicted molar refractivity (Wildman–Crippen MR) is 77.7 cm³/mol. The normalized spacial score (nSPS) is 11.7. The molecule has 0 atom stereocenters. The number of phenolic OH excluding ortho intramolecular Hbond substituents is 2. The molecule has 2 rings (SSSR count). The summed E-state index contributed by atoms with van der Waals surface area (Å²) in [7, 11) is -3.46. The van der Waals surface area contributed by atoms with Gasteiger partial charge >= 0.3 is 0 Å². The third-order valence-corrected chi connectivity index (χ3v) is 5.74. The lowest BCUT2D eigenvalue weighted by Crippen LogP contribution is -2.25. The van der Waals surface area contributed by atoms with Crippen LogP contribution in [-0.2, 0) is 16.4 Å². The van der Waals surface area contributed by atoms with Crippen molar-refractivity contribution in [2.75, 3.05) is 6.54 Å². The number of aryl methyl sites for hydroxylation is 1. The Morgan fingerprint density at radius 2 is 1.95 bits per heavy atom. The molecule has 0 unspecified atom stereocenters. The van der Waals surface area contributed by atoms with Gasteiger partial charge in [-0.15, -0.1) is 11.3 Å². The van der Waals surface area contributed by atoms with E-state index in [4.69, 9.17) is 0 Å². The van der Waals surface area contributed by atoms with Crippen LogP contribution >= 0.6 is 11.3 Å². The van der Waals surface area contributed by atoms with Crippen LogP contribution in [0.5, 0.6) is 11.5 Å². The molecule has 0 aliphatic rings. The van der Waals surface area contributed by atoms with E-state index in [-0.39, 0.29) is 22.3 Å². The van der Waals surface area contributed by atoms with Gasteiger partial charge in [0.2, 0.25) is 10.0 Å². The lowest BCUT2D eigenvalue weighted by Gasteiger charge is -2.09. The number of rotatable bonds is 5. The second-order valence-electron chi connectivity index (χ2n) is 4.35. The van der Waals surface area contributed by atoms with Crippen LogP contribution in [0.15, 0.2) is 33.9 Å². The van der Waals surface area contributed by atoms with Crippen molar-refractivity contribution in [1.82, 2.24) is 4.72 Å². The van der Waals surface area contributed by atoms with Crippen molar-refractivity contribution in [3.63, 3.8) is 0 Å². The fourth-order valence-corrected chi connectivity index (χ4v) is 3.87. The molecule has 0 fully saturated rings. The summed E-state index contributed by atoms with van der Waals surface area (Å²) in [6.07, 6.45) is 0.435. The van der Waals surface area contributed by atoms with Crippen molar-refractivity contribution in [2.24, 2.45) is 0 Å². The second-order valence-corrected chi connectivity index (χ2v) is 7.29. The molecule has 3 N–H and O–H groups in total. The topological polar surface area (TPSA) is 86.6 Å². The van der Waals surface area contributed by atoms with E-state index in [2.05, 4.69) is 4.72 Å². The molecule has 0 saturated carbocycles. The van der Waals surface area contributed by atoms with Crippen LogP contribution in [0, 0.1) is 6.92 Å². The van der Waals surface area contributed by atoms with E-state index in [9.17, 15) is 18.6 Å². The number of nitrogens with one attached hydrogen (secondary N) is 1. The first-order valence-corrected chi connectivity index (χ1v) is 8.31. The van der Waals surface area contributed by atoms with E-state index < -0.39 is 10.0 Å². The Balaban J connectivity index is 2.02. The number of benzene rings is 1. The number of thiophene rings is 1. The molecule has 108 valence electrons. The summed E-state index contributed by atoms with van der Waals surface area (Å²) >= 11 is 1.16. The Bertz CT molecular complexity index is 693. The highest BCUT2D eigenvalue weighted by Gasteiger charge is 2.14. The predicted octanol–water partition coefficient (Wildman–Crippen LogP) is 1.99. The largest absolute Gasteiger partial charge is 0.504 e. The van der Waals surface area contributed by atoms with Gasteiger partial charge in [-0.25, -0.2) is 13.1 Å². The quantitative estimate of drug-likeness (QED) is 0.737. The molecule has 5 nitrogen and oxygen atoms in total. The van der Waals surface area contributed by atoms with Gasteiger partial charge in [-0.1, -0.05) is 6.07 Å². The minimum Gasteiger partial charge on any atom is -0.504 e. The number of aromatic hydroxyl groups is 2. The van der Waals surface area contributed by atoms with E-state index in [1.54, 1.807) is 24.4 Å². The smallest absolute Gasteiger partial charge is 0.250 e. The van der Waals surface area contributed by atoms with Gasteiger partial charge in [0.05, 0.1) is 0 Å². The highest BCUT2D eigenvalue weighted by molar-refractivity contribution is 7.91. The zero-order chi connectivity index (χ0) is 14.8. The molecule has 1 heterocycles. The van der Waals surface area contributed by atoms with Crippen LogP contribution in [0.1, 0.15) is 11.1 Å². The zero-order valence-corrected chi connectivity index (χ0v) is 12.5. The van der Waals surface area contributed by atoms with Crippen LogP contribution < -0.4 is 4.72 Å². The zero-order valence-electron chi connectivity index (χ0n) is 10.8. The molecule has 0 spiro atoms. The number of hydrogen-bond acceptors (Lipinski definition) is 5. The van der Waals surface area contributed by atoms with Gasteiger partial charge < -0.3 is 10.2 Å². The maximum absolute atomic E-state index is 11.9.